The van der Waals surface area contributed by atoms with E-state index in [0.29, 0.717) is 5.69 Å². The van der Waals surface area contributed by atoms with Crippen LogP contribution >= 0.6 is 11.8 Å². The van der Waals surface area contributed by atoms with E-state index in [-0.39, 0.29) is 23.2 Å². The van der Waals surface area contributed by atoms with Crippen LogP contribution in [0.3, 0.4) is 0 Å². The maximum atomic E-state index is 12.2. The van der Waals surface area contributed by atoms with Gasteiger partial charge in [0.2, 0.25) is 0 Å². The van der Waals surface area contributed by atoms with E-state index in [1.807, 2.05) is 44.4 Å². The Morgan fingerprint density at radius 2 is 2.05 bits per heavy atom. The molecule has 1 atom stereocenters. The van der Waals surface area contributed by atoms with Crippen molar-refractivity contribution in [3.63, 3.8) is 0 Å². The van der Waals surface area contributed by atoms with Crippen LogP contribution in [0.25, 0.3) is 5.69 Å². The van der Waals surface area contributed by atoms with Crippen molar-refractivity contribution in [2.24, 2.45) is 0 Å². The van der Waals surface area contributed by atoms with Crippen molar-refractivity contribution < 1.29 is 4.79 Å². The largest absolute Gasteiger partial charge is 0.348 e. The molecular weight excluding hydrogens is 298 g/mol. The molecule has 1 aromatic heterocycles. The molecule has 0 aliphatic carbocycles. The topological polar surface area (TPSA) is 66.9 Å². The summed E-state index contributed by atoms with van der Waals surface area (Å²) in [5, 5.41) is 5.76. The van der Waals surface area contributed by atoms with Crippen molar-refractivity contribution in [1.29, 1.82) is 0 Å². The van der Waals surface area contributed by atoms with Gasteiger partial charge in [-0.25, -0.2) is 4.68 Å². The van der Waals surface area contributed by atoms with Gasteiger partial charge in [0, 0.05) is 12.1 Å². The molecule has 1 amide bonds. The molecular formula is C16H21N3O2S. The first-order valence-corrected chi connectivity index (χ1v) is 8.59. The third kappa shape index (κ3) is 4.04. The number of aromatic amines is 1. The highest BCUT2D eigenvalue weighted by Gasteiger charge is 2.14. The van der Waals surface area contributed by atoms with Crippen molar-refractivity contribution >= 4 is 17.7 Å². The summed E-state index contributed by atoms with van der Waals surface area (Å²) in [6.45, 7) is 3.94. The Kier molecular flexibility index (Phi) is 5.49. The minimum atomic E-state index is -0.253. The summed E-state index contributed by atoms with van der Waals surface area (Å²) in [7, 11) is 0. The lowest BCUT2D eigenvalue weighted by molar-refractivity contribution is 0.0934. The molecule has 0 spiro atoms. The Hall–Kier alpha value is -1.95. The van der Waals surface area contributed by atoms with Gasteiger partial charge >= 0.3 is 0 Å². The maximum absolute atomic E-state index is 12.2. The van der Waals surface area contributed by atoms with Crippen molar-refractivity contribution in [2.45, 2.75) is 26.3 Å². The van der Waals surface area contributed by atoms with Crippen LogP contribution in [0.15, 0.2) is 35.1 Å². The fraction of sp³-hybridized carbons (Fsp3) is 0.375. The van der Waals surface area contributed by atoms with E-state index < -0.39 is 0 Å². The number of carbonyl (C=O) groups is 1. The summed E-state index contributed by atoms with van der Waals surface area (Å²) in [4.78, 5) is 24.2. The van der Waals surface area contributed by atoms with Crippen LogP contribution in [0, 0.1) is 6.92 Å². The van der Waals surface area contributed by atoms with E-state index >= 15 is 0 Å². The zero-order chi connectivity index (χ0) is 16.1. The molecule has 22 heavy (non-hydrogen) atoms. The summed E-state index contributed by atoms with van der Waals surface area (Å²) in [5.41, 5.74) is 1.86. The Balaban J connectivity index is 2.14. The second kappa shape index (κ2) is 7.35. The van der Waals surface area contributed by atoms with Gasteiger partial charge in [-0.15, -0.1) is 0 Å². The number of H-pyrrole nitrogens is 1. The van der Waals surface area contributed by atoms with E-state index in [1.54, 1.807) is 11.8 Å². The number of aromatic nitrogens is 2. The Labute approximate surface area is 134 Å². The van der Waals surface area contributed by atoms with Gasteiger partial charge in [0.25, 0.3) is 11.5 Å². The smallest absolute Gasteiger partial charge is 0.271 e. The van der Waals surface area contributed by atoms with Gasteiger partial charge in [-0.2, -0.15) is 11.8 Å². The molecule has 0 aliphatic rings. The predicted molar refractivity (Wildman–Crippen MR) is 91.1 cm³/mol. The predicted octanol–water partition coefficient (Wildman–Crippen LogP) is 2.35. The Bertz CT molecular complexity index is 688. The highest BCUT2D eigenvalue weighted by atomic mass is 32.2. The number of nitrogens with zero attached hydrogens (tertiary/aromatic N) is 1. The molecule has 5 nitrogen and oxygen atoms in total. The zero-order valence-corrected chi connectivity index (χ0v) is 13.9. The lowest BCUT2D eigenvalue weighted by atomic mass is 10.2. The maximum Gasteiger partial charge on any atom is 0.271 e. The second-order valence-corrected chi connectivity index (χ2v) is 6.32. The average Bonchev–Trinajstić information content (AvgIpc) is 2.88. The third-order valence-electron chi connectivity index (χ3n) is 3.39. The molecule has 0 unspecified atom stereocenters. The van der Waals surface area contributed by atoms with E-state index in [1.165, 1.54) is 10.7 Å². The minimum Gasteiger partial charge on any atom is -0.348 e. The average molecular weight is 319 g/mol. The number of carbonyl (C=O) groups excluding carboxylic acids is 1. The van der Waals surface area contributed by atoms with Gasteiger partial charge in [0.05, 0.1) is 5.69 Å². The summed E-state index contributed by atoms with van der Waals surface area (Å²) >= 11 is 1.74. The van der Waals surface area contributed by atoms with Gasteiger partial charge in [0.15, 0.2) is 0 Å². The van der Waals surface area contributed by atoms with Crippen LogP contribution in [-0.2, 0) is 0 Å². The molecule has 2 N–H and O–H groups in total. The number of rotatable bonds is 6. The van der Waals surface area contributed by atoms with Gasteiger partial charge in [-0.3, -0.25) is 14.7 Å². The molecule has 1 heterocycles. The number of thioether (sulfide) groups is 1. The fourth-order valence-electron chi connectivity index (χ4n) is 2.07. The van der Waals surface area contributed by atoms with Crippen LogP contribution in [-0.4, -0.2) is 33.7 Å². The molecule has 0 fully saturated rings. The van der Waals surface area contributed by atoms with Crippen LogP contribution < -0.4 is 10.9 Å². The molecule has 2 aromatic rings. The number of amides is 1. The van der Waals surface area contributed by atoms with Gasteiger partial charge < -0.3 is 5.32 Å². The first-order chi connectivity index (χ1) is 10.5. The summed E-state index contributed by atoms with van der Waals surface area (Å²) in [6, 6.07) is 8.94. The third-order valence-corrected chi connectivity index (χ3v) is 4.03. The molecule has 0 bridgehead atoms. The quantitative estimate of drug-likeness (QED) is 0.859. The molecule has 0 radical (unpaired) electrons. The number of hydrogen-bond donors (Lipinski definition) is 2. The van der Waals surface area contributed by atoms with Crippen LogP contribution in [0.5, 0.6) is 0 Å². The van der Waals surface area contributed by atoms with E-state index in [2.05, 4.69) is 10.4 Å². The molecule has 0 saturated carbocycles. The van der Waals surface area contributed by atoms with E-state index in [9.17, 15) is 9.59 Å². The van der Waals surface area contributed by atoms with Crippen molar-refractivity contribution in [3.05, 3.63) is 51.9 Å². The van der Waals surface area contributed by atoms with Crippen LogP contribution in [0.4, 0.5) is 0 Å². The number of nitrogens with one attached hydrogen (secondary N) is 2. The zero-order valence-electron chi connectivity index (χ0n) is 13.1. The first kappa shape index (κ1) is 16.4. The molecule has 2 rings (SSSR count). The molecule has 118 valence electrons. The summed E-state index contributed by atoms with van der Waals surface area (Å²) < 4.78 is 1.38. The second-order valence-electron chi connectivity index (χ2n) is 5.33. The number of benzene rings is 1. The molecule has 0 saturated heterocycles. The monoisotopic (exact) mass is 319 g/mol. The van der Waals surface area contributed by atoms with E-state index in [0.717, 1.165) is 17.7 Å². The summed E-state index contributed by atoms with van der Waals surface area (Å²) in [6.07, 6.45) is 2.93. The van der Waals surface area contributed by atoms with Gasteiger partial charge in [0.1, 0.15) is 5.69 Å². The van der Waals surface area contributed by atoms with E-state index in [4.69, 9.17) is 0 Å². The molecule has 1 aromatic carbocycles. The van der Waals surface area contributed by atoms with Gasteiger partial charge in [-0.1, -0.05) is 17.7 Å². The Morgan fingerprint density at radius 1 is 1.36 bits per heavy atom. The van der Waals surface area contributed by atoms with Crippen molar-refractivity contribution in [1.82, 2.24) is 15.1 Å². The number of aryl methyl sites for hydroxylation is 1. The van der Waals surface area contributed by atoms with Crippen LogP contribution in [0.2, 0.25) is 0 Å². The first-order valence-electron chi connectivity index (χ1n) is 7.20. The fourth-order valence-corrected chi connectivity index (χ4v) is 2.66. The number of hydrogen-bond acceptors (Lipinski definition) is 3. The Morgan fingerprint density at radius 3 is 2.68 bits per heavy atom. The standard InChI is InChI=1S/C16H21N3O2S/c1-11-4-6-13(7-5-11)19-15(20)10-14(18-19)16(21)17-12(2)8-9-22-3/h4-7,10,12,18H,8-9H2,1-3H3,(H,17,21)/t12-/m1/s1. The van der Waals surface area contributed by atoms with Crippen molar-refractivity contribution in [3.8, 4) is 5.69 Å². The minimum absolute atomic E-state index is 0.0752. The normalized spacial score (nSPS) is 12.1. The lowest BCUT2D eigenvalue weighted by Crippen LogP contribution is -2.33. The highest BCUT2D eigenvalue weighted by molar-refractivity contribution is 7.98. The molecule has 0 aliphatic heterocycles. The summed E-state index contributed by atoms with van der Waals surface area (Å²) in [5.74, 6) is 0.735. The highest BCUT2D eigenvalue weighted by Crippen LogP contribution is 2.07. The van der Waals surface area contributed by atoms with Gasteiger partial charge in [-0.05, 0) is 44.4 Å². The van der Waals surface area contributed by atoms with Crippen molar-refractivity contribution in [2.75, 3.05) is 12.0 Å². The lowest BCUT2D eigenvalue weighted by Gasteiger charge is -2.12. The van der Waals surface area contributed by atoms with Crippen LogP contribution in [0.1, 0.15) is 29.4 Å². The SMILES string of the molecule is CSCC[C@@H](C)NC(=O)c1cc(=O)n(-c2ccc(C)cc2)[nH]1. The molecule has 6 heteroatoms.